The molecule has 1 aliphatic rings. The molecule has 0 bridgehead atoms. The topological polar surface area (TPSA) is 61.8 Å². The second kappa shape index (κ2) is 6.50. The Balaban J connectivity index is 2.25. The number of carbonyl (C=O) groups is 1. The van der Waals surface area contributed by atoms with Gasteiger partial charge in [0.25, 0.3) is 0 Å². The number of nitrogens with one attached hydrogen (secondary N) is 1. The summed E-state index contributed by atoms with van der Waals surface area (Å²) in [6.07, 6.45) is 0.824. The van der Waals surface area contributed by atoms with Crippen LogP contribution in [0.3, 0.4) is 0 Å². The fourth-order valence-electron chi connectivity index (χ4n) is 2.04. The Morgan fingerprint density at radius 3 is 2.56 bits per heavy atom. The molecule has 2 N–H and O–H groups in total. The molecule has 0 aromatic rings. The molecule has 106 valence electrons. The van der Waals surface area contributed by atoms with Crippen molar-refractivity contribution >= 4 is 5.91 Å². The third-order valence-electron chi connectivity index (χ3n) is 3.78. The number of methoxy groups -OCH3 is 1. The zero-order valence-corrected chi connectivity index (χ0v) is 11.9. The molecule has 1 fully saturated rings. The van der Waals surface area contributed by atoms with Crippen LogP contribution >= 0.6 is 0 Å². The third kappa shape index (κ3) is 3.67. The van der Waals surface area contributed by atoms with Gasteiger partial charge in [0.2, 0.25) is 5.91 Å². The van der Waals surface area contributed by atoms with Crippen LogP contribution in [0, 0.1) is 5.92 Å². The maximum atomic E-state index is 11.8. The van der Waals surface area contributed by atoms with Crippen molar-refractivity contribution < 1.29 is 14.6 Å². The number of ether oxygens (including phenoxy) is 1. The van der Waals surface area contributed by atoms with E-state index in [4.69, 9.17) is 4.74 Å². The predicted octanol–water partition coefficient (Wildman–Crippen LogP) is 0.230. The Bertz CT molecular complexity index is 275. The summed E-state index contributed by atoms with van der Waals surface area (Å²) < 4.78 is 4.92. The second-order valence-corrected chi connectivity index (χ2v) is 5.48. The molecule has 1 rings (SSSR count). The Hall–Kier alpha value is -0.650. The van der Waals surface area contributed by atoms with E-state index in [0.717, 1.165) is 6.42 Å². The maximum Gasteiger partial charge on any atom is 0.237 e. The van der Waals surface area contributed by atoms with Crippen molar-refractivity contribution in [1.82, 2.24) is 10.2 Å². The number of likely N-dealkylation sites (tertiary alicyclic amines) is 1. The van der Waals surface area contributed by atoms with Gasteiger partial charge in [0.05, 0.1) is 11.6 Å². The lowest BCUT2D eigenvalue weighted by atomic mass is 9.82. The summed E-state index contributed by atoms with van der Waals surface area (Å²) in [6.45, 7) is 8.35. The number of nitrogens with zero attached hydrogens (tertiary/aromatic N) is 1. The SMILES string of the molecule is COCCCNC(=O)C(C)N1CC(O)(C(C)C)C1. The van der Waals surface area contributed by atoms with Gasteiger partial charge in [-0.3, -0.25) is 9.69 Å². The van der Waals surface area contributed by atoms with Gasteiger partial charge in [0.1, 0.15) is 0 Å². The summed E-state index contributed by atoms with van der Waals surface area (Å²) in [5.41, 5.74) is -0.620. The lowest BCUT2D eigenvalue weighted by Crippen LogP contribution is -2.68. The van der Waals surface area contributed by atoms with Crippen molar-refractivity contribution in [3.8, 4) is 0 Å². The van der Waals surface area contributed by atoms with Crippen LogP contribution in [0.5, 0.6) is 0 Å². The average Bonchev–Trinajstić information content (AvgIpc) is 2.29. The van der Waals surface area contributed by atoms with Gasteiger partial charge in [-0.15, -0.1) is 0 Å². The molecular formula is C13H26N2O3. The number of rotatable bonds is 7. The van der Waals surface area contributed by atoms with Crippen LogP contribution in [0.25, 0.3) is 0 Å². The highest BCUT2D eigenvalue weighted by Crippen LogP contribution is 2.29. The normalized spacial score (nSPS) is 20.6. The summed E-state index contributed by atoms with van der Waals surface area (Å²) in [7, 11) is 1.65. The van der Waals surface area contributed by atoms with Crippen LogP contribution in [0.4, 0.5) is 0 Å². The van der Waals surface area contributed by atoms with Crippen molar-refractivity contribution in [2.45, 2.75) is 38.8 Å². The van der Waals surface area contributed by atoms with E-state index in [0.29, 0.717) is 26.2 Å². The number of amides is 1. The molecule has 18 heavy (non-hydrogen) atoms. The minimum atomic E-state index is -0.620. The van der Waals surface area contributed by atoms with Crippen LogP contribution in [0.2, 0.25) is 0 Å². The largest absolute Gasteiger partial charge is 0.387 e. The number of carbonyl (C=O) groups excluding carboxylic acids is 1. The van der Waals surface area contributed by atoms with Crippen LogP contribution in [-0.2, 0) is 9.53 Å². The number of hydrogen-bond acceptors (Lipinski definition) is 4. The predicted molar refractivity (Wildman–Crippen MR) is 70.3 cm³/mol. The molecule has 0 saturated carbocycles. The molecule has 0 aliphatic carbocycles. The maximum absolute atomic E-state index is 11.8. The molecule has 1 heterocycles. The van der Waals surface area contributed by atoms with Crippen LogP contribution in [0.1, 0.15) is 27.2 Å². The van der Waals surface area contributed by atoms with E-state index in [-0.39, 0.29) is 17.9 Å². The summed E-state index contributed by atoms with van der Waals surface area (Å²) >= 11 is 0. The van der Waals surface area contributed by atoms with Crippen LogP contribution in [-0.4, -0.2) is 60.9 Å². The van der Waals surface area contributed by atoms with Gasteiger partial charge in [-0.2, -0.15) is 0 Å². The first kappa shape index (κ1) is 15.4. The molecule has 1 aliphatic heterocycles. The van der Waals surface area contributed by atoms with E-state index in [1.165, 1.54) is 0 Å². The lowest BCUT2D eigenvalue weighted by molar-refractivity contribution is -0.153. The third-order valence-corrected chi connectivity index (χ3v) is 3.78. The molecule has 1 saturated heterocycles. The molecule has 0 aromatic carbocycles. The summed E-state index contributed by atoms with van der Waals surface area (Å²) in [5.74, 6) is 0.252. The zero-order valence-electron chi connectivity index (χ0n) is 11.9. The standard InChI is InChI=1S/C13H26N2O3/c1-10(2)13(17)8-15(9-13)11(3)12(16)14-6-5-7-18-4/h10-11,17H,5-9H2,1-4H3,(H,14,16). The molecule has 0 radical (unpaired) electrons. The van der Waals surface area contributed by atoms with Gasteiger partial charge >= 0.3 is 0 Å². The van der Waals surface area contributed by atoms with Gasteiger partial charge in [-0.1, -0.05) is 13.8 Å². The van der Waals surface area contributed by atoms with Gasteiger partial charge < -0.3 is 15.2 Å². The van der Waals surface area contributed by atoms with E-state index in [1.54, 1.807) is 7.11 Å². The number of hydrogen-bond donors (Lipinski definition) is 2. The fraction of sp³-hybridized carbons (Fsp3) is 0.923. The van der Waals surface area contributed by atoms with E-state index in [9.17, 15) is 9.90 Å². The van der Waals surface area contributed by atoms with E-state index in [2.05, 4.69) is 5.32 Å². The van der Waals surface area contributed by atoms with Crippen molar-refractivity contribution in [2.24, 2.45) is 5.92 Å². The minimum Gasteiger partial charge on any atom is -0.387 e. The summed E-state index contributed by atoms with van der Waals surface area (Å²) in [4.78, 5) is 13.9. The fourth-order valence-corrected chi connectivity index (χ4v) is 2.04. The van der Waals surface area contributed by atoms with Gasteiger partial charge in [0, 0.05) is 33.4 Å². The van der Waals surface area contributed by atoms with E-state index < -0.39 is 5.60 Å². The molecule has 1 amide bonds. The molecule has 0 spiro atoms. The lowest BCUT2D eigenvalue weighted by Gasteiger charge is -2.51. The number of aliphatic hydroxyl groups is 1. The molecule has 0 aromatic heterocycles. The van der Waals surface area contributed by atoms with E-state index in [1.807, 2.05) is 25.7 Å². The van der Waals surface area contributed by atoms with Crippen LogP contribution in [0.15, 0.2) is 0 Å². The summed E-state index contributed by atoms with van der Waals surface area (Å²) in [5, 5.41) is 13.0. The molecule has 1 unspecified atom stereocenters. The Labute approximate surface area is 109 Å². The molecular weight excluding hydrogens is 232 g/mol. The van der Waals surface area contributed by atoms with Gasteiger partial charge in [-0.05, 0) is 19.3 Å². The average molecular weight is 258 g/mol. The highest BCUT2D eigenvalue weighted by molar-refractivity contribution is 5.81. The highest BCUT2D eigenvalue weighted by atomic mass is 16.5. The quantitative estimate of drug-likeness (QED) is 0.642. The van der Waals surface area contributed by atoms with E-state index >= 15 is 0 Å². The second-order valence-electron chi connectivity index (χ2n) is 5.48. The summed E-state index contributed by atoms with van der Waals surface area (Å²) in [6, 6.07) is -0.174. The monoisotopic (exact) mass is 258 g/mol. The smallest absolute Gasteiger partial charge is 0.237 e. The zero-order chi connectivity index (χ0) is 13.8. The van der Waals surface area contributed by atoms with Gasteiger partial charge in [0.15, 0.2) is 0 Å². The first-order valence-corrected chi connectivity index (χ1v) is 6.64. The minimum absolute atomic E-state index is 0.0249. The molecule has 5 nitrogen and oxygen atoms in total. The van der Waals surface area contributed by atoms with Gasteiger partial charge in [-0.25, -0.2) is 0 Å². The first-order chi connectivity index (χ1) is 8.40. The molecule has 5 heteroatoms. The Morgan fingerprint density at radius 2 is 2.06 bits per heavy atom. The van der Waals surface area contributed by atoms with Crippen LogP contribution < -0.4 is 5.32 Å². The first-order valence-electron chi connectivity index (χ1n) is 6.64. The van der Waals surface area contributed by atoms with Crippen molar-refractivity contribution in [2.75, 3.05) is 33.4 Å². The Kier molecular flexibility index (Phi) is 5.56. The van der Waals surface area contributed by atoms with Crippen molar-refractivity contribution in [1.29, 1.82) is 0 Å². The van der Waals surface area contributed by atoms with Crippen molar-refractivity contribution in [3.63, 3.8) is 0 Å². The van der Waals surface area contributed by atoms with Crippen molar-refractivity contribution in [3.05, 3.63) is 0 Å². The highest BCUT2D eigenvalue weighted by Gasteiger charge is 2.46. The molecule has 1 atom stereocenters. The Morgan fingerprint density at radius 1 is 1.44 bits per heavy atom. The number of β-amino-alcohol motifs (C(OH)–C–C–N with tert-alkyl or cyclic N) is 1.